The summed E-state index contributed by atoms with van der Waals surface area (Å²) in [7, 11) is 0. The lowest BCUT2D eigenvalue weighted by atomic mass is 10.0. The van der Waals surface area contributed by atoms with Gasteiger partial charge in [-0.2, -0.15) is 31.4 Å². The van der Waals surface area contributed by atoms with E-state index < -0.39 is 41.0 Å². The van der Waals surface area contributed by atoms with Gasteiger partial charge in [0.05, 0.1) is 16.8 Å². The number of rotatable bonds is 5. The summed E-state index contributed by atoms with van der Waals surface area (Å²) in [5, 5.41) is 8.65. The Morgan fingerprint density at radius 2 is 1.68 bits per heavy atom. The second kappa shape index (κ2) is 8.37. The predicted molar refractivity (Wildman–Crippen MR) is 103 cm³/mol. The fourth-order valence-corrected chi connectivity index (χ4v) is 3.94. The number of aryl methyl sites for hydroxylation is 2. The van der Waals surface area contributed by atoms with Crippen molar-refractivity contribution in [3.8, 4) is 0 Å². The maximum Gasteiger partial charge on any atom is 0.416 e. The fourth-order valence-electron chi connectivity index (χ4n) is 3.13. The maximum absolute atomic E-state index is 13.1. The van der Waals surface area contributed by atoms with Gasteiger partial charge in [-0.05, 0) is 49.6 Å². The summed E-state index contributed by atoms with van der Waals surface area (Å²) >= 11 is 1.39. The number of nitrogens with zero attached hydrogens (tertiary/aromatic N) is 2. The molecular formula is C20H17F6N3OS. The molecule has 0 aliphatic carbocycles. The molecule has 2 heterocycles. The van der Waals surface area contributed by atoms with E-state index in [0.29, 0.717) is 12.1 Å². The Bertz CT molecular complexity index is 1040. The lowest BCUT2D eigenvalue weighted by Gasteiger charge is -2.19. The van der Waals surface area contributed by atoms with Crippen LogP contribution >= 0.6 is 11.3 Å². The molecule has 0 bridgehead atoms. The molecular weight excluding hydrogens is 444 g/mol. The molecule has 1 aromatic carbocycles. The van der Waals surface area contributed by atoms with Gasteiger partial charge in [0.15, 0.2) is 0 Å². The van der Waals surface area contributed by atoms with Gasteiger partial charge in [0.2, 0.25) is 0 Å². The highest BCUT2D eigenvalue weighted by molar-refractivity contribution is 7.10. The van der Waals surface area contributed by atoms with Crippen LogP contribution in [0, 0.1) is 13.8 Å². The summed E-state index contributed by atoms with van der Waals surface area (Å²) in [6, 6.07) is 5.77. The van der Waals surface area contributed by atoms with Crippen LogP contribution in [0.15, 0.2) is 41.8 Å². The molecule has 0 saturated carbocycles. The topological polar surface area (TPSA) is 46.9 Å². The van der Waals surface area contributed by atoms with Crippen LogP contribution in [-0.2, 0) is 12.4 Å². The summed E-state index contributed by atoms with van der Waals surface area (Å²) in [6.07, 6.45) is -10.1. The Morgan fingerprint density at radius 1 is 1.06 bits per heavy atom. The molecule has 31 heavy (non-hydrogen) atoms. The van der Waals surface area contributed by atoms with Crippen LogP contribution < -0.4 is 5.32 Å². The highest BCUT2D eigenvalue weighted by Crippen LogP contribution is 2.36. The van der Waals surface area contributed by atoms with E-state index in [1.54, 1.807) is 17.7 Å². The van der Waals surface area contributed by atoms with Crippen LogP contribution in [0.25, 0.3) is 0 Å². The van der Waals surface area contributed by atoms with Gasteiger partial charge in [0.25, 0.3) is 5.91 Å². The Morgan fingerprint density at radius 3 is 2.13 bits per heavy atom. The van der Waals surface area contributed by atoms with Crippen molar-refractivity contribution in [3.05, 3.63) is 74.7 Å². The molecule has 1 N–H and O–H groups in total. The Hall–Kier alpha value is -2.82. The monoisotopic (exact) mass is 461 g/mol. The van der Waals surface area contributed by atoms with Crippen LogP contribution in [0.3, 0.4) is 0 Å². The number of hydrogen-bond donors (Lipinski definition) is 1. The van der Waals surface area contributed by atoms with Crippen molar-refractivity contribution in [2.24, 2.45) is 0 Å². The number of alkyl halides is 6. The first-order valence-corrected chi connectivity index (χ1v) is 9.88. The average molecular weight is 461 g/mol. The van der Waals surface area contributed by atoms with Crippen molar-refractivity contribution >= 4 is 17.2 Å². The molecule has 3 aromatic rings. The number of benzene rings is 1. The van der Waals surface area contributed by atoms with E-state index >= 15 is 0 Å². The minimum Gasteiger partial charge on any atom is -0.350 e. The molecule has 1 unspecified atom stereocenters. The van der Waals surface area contributed by atoms with Crippen molar-refractivity contribution in [1.29, 1.82) is 0 Å². The number of hydrogen-bond acceptors (Lipinski definition) is 3. The van der Waals surface area contributed by atoms with Crippen molar-refractivity contribution < 1.29 is 31.1 Å². The van der Waals surface area contributed by atoms with Gasteiger partial charge in [-0.25, -0.2) is 0 Å². The van der Waals surface area contributed by atoms with Crippen LogP contribution in [0.5, 0.6) is 0 Å². The van der Waals surface area contributed by atoms with Crippen molar-refractivity contribution in [2.45, 2.75) is 32.2 Å². The molecule has 11 heteroatoms. The summed E-state index contributed by atoms with van der Waals surface area (Å²) < 4.78 is 80.0. The fraction of sp³-hybridized carbons (Fsp3) is 0.300. The number of carbonyl (C=O) groups is 1. The van der Waals surface area contributed by atoms with E-state index in [9.17, 15) is 31.1 Å². The number of thiophene rings is 1. The molecule has 0 spiro atoms. The Labute approximate surface area is 177 Å². The zero-order valence-electron chi connectivity index (χ0n) is 16.3. The van der Waals surface area contributed by atoms with E-state index in [0.717, 1.165) is 16.3 Å². The molecule has 2 aromatic heterocycles. The van der Waals surface area contributed by atoms with Gasteiger partial charge in [-0.1, -0.05) is 6.07 Å². The molecule has 3 rings (SSSR count). The molecule has 1 amide bonds. The molecule has 4 nitrogen and oxygen atoms in total. The highest BCUT2D eigenvalue weighted by atomic mass is 32.1. The normalized spacial score (nSPS) is 13.3. The van der Waals surface area contributed by atoms with E-state index in [-0.39, 0.29) is 12.6 Å². The van der Waals surface area contributed by atoms with Crippen molar-refractivity contribution in [1.82, 2.24) is 15.1 Å². The molecule has 0 saturated heterocycles. The zero-order valence-corrected chi connectivity index (χ0v) is 17.1. The first-order chi connectivity index (χ1) is 14.4. The molecule has 0 aliphatic heterocycles. The summed E-state index contributed by atoms with van der Waals surface area (Å²) in [5.74, 6) is -1.04. The zero-order chi connectivity index (χ0) is 23.0. The second-order valence-electron chi connectivity index (χ2n) is 6.91. The molecule has 0 radical (unpaired) electrons. The van der Waals surface area contributed by atoms with Crippen LogP contribution in [0.1, 0.15) is 43.8 Å². The quantitative estimate of drug-likeness (QED) is 0.502. The first-order valence-electron chi connectivity index (χ1n) is 9.00. The summed E-state index contributed by atoms with van der Waals surface area (Å²) in [4.78, 5) is 13.4. The van der Waals surface area contributed by atoms with Crippen LogP contribution in [0.2, 0.25) is 0 Å². The van der Waals surface area contributed by atoms with Gasteiger partial charge in [-0.15, -0.1) is 11.3 Å². The van der Waals surface area contributed by atoms with E-state index in [4.69, 9.17) is 0 Å². The third-order valence-electron chi connectivity index (χ3n) is 4.52. The van der Waals surface area contributed by atoms with Gasteiger partial charge < -0.3 is 5.32 Å². The standard InChI is InChI=1S/C20H17F6N3OS/c1-11-6-12(2)29(28-11)16(17-4-3-5-31-17)10-27-18(30)13-7-14(19(21,22)23)9-15(8-13)20(24,25)26/h3-9,16H,10H2,1-2H3,(H,27,30). The number of halogens is 6. The minimum absolute atomic E-state index is 0.0128. The van der Waals surface area contributed by atoms with Gasteiger partial charge in [0.1, 0.15) is 6.04 Å². The second-order valence-corrected chi connectivity index (χ2v) is 7.89. The lowest BCUT2D eigenvalue weighted by Crippen LogP contribution is -2.32. The SMILES string of the molecule is Cc1cc(C)n(C(CNC(=O)c2cc(C(F)(F)F)cc(C(F)(F)F)c2)c2cccs2)n1. The van der Waals surface area contributed by atoms with Crippen LogP contribution in [0.4, 0.5) is 26.3 Å². The van der Waals surface area contributed by atoms with Crippen molar-refractivity contribution in [3.63, 3.8) is 0 Å². The van der Waals surface area contributed by atoms with Crippen molar-refractivity contribution in [2.75, 3.05) is 6.54 Å². The average Bonchev–Trinajstić information content (AvgIpc) is 3.30. The predicted octanol–water partition coefficient (Wildman–Crippen LogP) is 5.62. The van der Waals surface area contributed by atoms with Gasteiger partial charge >= 0.3 is 12.4 Å². The molecule has 0 aliphatic rings. The Kier molecular flexibility index (Phi) is 6.17. The number of amides is 1. The highest BCUT2D eigenvalue weighted by Gasteiger charge is 2.37. The Balaban J connectivity index is 1.90. The maximum atomic E-state index is 13.1. The lowest BCUT2D eigenvalue weighted by molar-refractivity contribution is -0.143. The number of aromatic nitrogens is 2. The molecule has 1 atom stereocenters. The molecule has 0 fully saturated rings. The smallest absolute Gasteiger partial charge is 0.350 e. The third-order valence-corrected chi connectivity index (χ3v) is 5.49. The summed E-state index contributed by atoms with van der Waals surface area (Å²) in [6.45, 7) is 3.53. The molecule has 166 valence electrons. The van der Waals surface area contributed by atoms with Crippen LogP contribution in [-0.4, -0.2) is 22.2 Å². The number of nitrogens with one attached hydrogen (secondary N) is 1. The van der Waals surface area contributed by atoms with E-state index in [1.807, 2.05) is 24.4 Å². The van der Waals surface area contributed by atoms with E-state index in [2.05, 4.69) is 10.4 Å². The first kappa shape index (κ1) is 22.9. The van der Waals surface area contributed by atoms with E-state index in [1.165, 1.54) is 11.3 Å². The summed E-state index contributed by atoms with van der Waals surface area (Å²) in [5.41, 5.74) is -2.27. The van der Waals surface area contributed by atoms with Gasteiger partial charge in [-0.3, -0.25) is 9.48 Å². The number of carbonyl (C=O) groups excluding carboxylic acids is 1. The third kappa shape index (κ3) is 5.27. The minimum atomic E-state index is -5.03. The largest absolute Gasteiger partial charge is 0.416 e. The van der Waals surface area contributed by atoms with Gasteiger partial charge in [0, 0.05) is 22.7 Å².